The van der Waals surface area contributed by atoms with E-state index in [0.717, 1.165) is 43.1 Å². The Balaban J connectivity index is 1.44. The Morgan fingerprint density at radius 3 is 3.00 bits per heavy atom. The molecule has 6 rings (SSSR count). The predicted molar refractivity (Wildman–Crippen MR) is 96.8 cm³/mol. The fraction of sp³-hybridized carbons (Fsp3) is 0.696. The summed E-state index contributed by atoms with van der Waals surface area (Å²) in [5.74, 6) is 4.87. The third-order valence-electron chi connectivity index (χ3n) is 9.00. The summed E-state index contributed by atoms with van der Waals surface area (Å²) in [4.78, 5) is 11.9. The molecule has 1 heterocycles. The van der Waals surface area contributed by atoms with Crippen molar-refractivity contribution in [2.24, 2.45) is 40.9 Å². The minimum atomic E-state index is 0.0501. The molecule has 8 atom stereocenters. The quantitative estimate of drug-likeness (QED) is 0.660. The maximum Gasteiger partial charge on any atom is 0.155 e. The molecule has 5 aliphatic carbocycles. The highest BCUT2D eigenvalue weighted by atomic mass is 16.5. The molecule has 0 aromatic carbocycles. The third-order valence-corrected chi connectivity index (χ3v) is 9.00. The Morgan fingerprint density at radius 2 is 2.20 bits per heavy atom. The highest BCUT2D eigenvalue weighted by molar-refractivity contribution is 5.91. The van der Waals surface area contributed by atoms with E-state index in [1.54, 1.807) is 0 Å². The number of allylic oxidation sites excluding steroid dienone is 4. The molecule has 1 aliphatic heterocycles. The molecule has 25 heavy (non-hydrogen) atoms. The van der Waals surface area contributed by atoms with Crippen LogP contribution in [0.3, 0.4) is 0 Å². The molecule has 6 aliphatic rings. The molecule has 132 valence electrons. The molecule has 0 bridgehead atoms. The summed E-state index contributed by atoms with van der Waals surface area (Å²) < 4.78 is 6.53. The molecule has 0 aromatic rings. The summed E-state index contributed by atoms with van der Waals surface area (Å²) in [7, 11) is 0. The molecule has 3 saturated carbocycles. The number of rotatable bonds is 1. The summed E-state index contributed by atoms with van der Waals surface area (Å²) in [6.45, 7) is 3.23. The average molecular weight is 336 g/mol. The van der Waals surface area contributed by atoms with E-state index in [0.29, 0.717) is 23.0 Å². The number of hydrogen-bond acceptors (Lipinski definition) is 2. The second kappa shape index (κ2) is 4.76. The van der Waals surface area contributed by atoms with Gasteiger partial charge in [-0.3, -0.25) is 4.79 Å². The number of ketones is 1. The summed E-state index contributed by atoms with van der Waals surface area (Å²) >= 11 is 0. The van der Waals surface area contributed by atoms with Gasteiger partial charge in [0.2, 0.25) is 0 Å². The molecule has 0 saturated heterocycles. The number of hydrogen-bond donors (Lipinski definition) is 0. The first-order valence-electron chi connectivity index (χ1n) is 10.4. The lowest BCUT2D eigenvalue weighted by Crippen LogP contribution is -2.55. The van der Waals surface area contributed by atoms with Crippen molar-refractivity contribution in [3.63, 3.8) is 0 Å². The van der Waals surface area contributed by atoms with E-state index in [1.165, 1.54) is 31.3 Å². The van der Waals surface area contributed by atoms with E-state index in [9.17, 15) is 4.79 Å². The van der Waals surface area contributed by atoms with Gasteiger partial charge in [-0.2, -0.15) is 0 Å². The monoisotopic (exact) mass is 336 g/mol. The van der Waals surface area contributed by atoms with Crippen LogP contribution in [0.15, 0.2) is 36.0 Å². The second-order valence-corrected chi connectivity index (χ2v) is 9.44. The molecular weight excluding hydrogens is 308 g/mol. The fourth-order valence-corrected chi connectivity index (χ4v) is 8.15. The molecule has 2 heteroatoms. The van der Waals surface area contributed by atoms with Crippen molar-refractivity contribution >= 4 is 5.78 Å². The van der Waals surface area contributed by atoms with Crippen molar-refractivity contribution in [1.82, 2.24) is 0 Å². The first-order chi connectivity index (χ1) is 12.2. The second-order valence-electron chi connectivity index (χ2n) is 9.44. The lowest BCUT2D eigenvalue weighted by molar-refractivity contribution is -0.133. The molecule has 1 spiro atoms. The average Bonchev–Trinajstić information content (AvgIpc) is 3.20. The van der Waals surface area contributed by atoms with Crippen LogP contribution in [0.2, 0.25) is 0 Å². The number of carbonyl (C=O) groups is 1. The van der Waals surface area contributed by atoms with Gasteiger partial charge in [0.15, 0.2) is 5.78 Å². The summed E-state index contributed by atoms with van der Waals surface area (Å²) in [5, 5.41) is 0. The van der Waals surface area contributed by atoms with E-state index >= 15 is 0 Å². The molecular formula is C23H28O2. The molecule has 8 unspecified atom stereocenters. The van der Waals surface area contributed by atoms with Crippen molar-refractivity contribution in [3.8, 4) is 0 Å². The maximum absolute atomic E-state index is 11.9. The van der Waals surface area contributed by atoms with Gasteiger partial charge in [-0.05, 0) is 79.3 Å². The lowest BCUT2D eigenvalue weighted by atomic mass is 9.49. The van der Waals surface area contributed by atoms with Crippen LogP contribution in [0.4, 0.5) is 0 Å². The maximum atomic E-state index is 11.9. The summed E-state index contributed by atoms with van der Waals surface area (Å²) in [6.07, 6.45) is 18.6. The van der Waals surface area contributed by atoms with Crippen molar-refractivity contribution < 1.29 is 9.53 Å². The van der Waals surface area contributed by atoms with Crippen LogP contribution in [-0.4, -0.2) is 18.0 Å². The van der Waals surface area contributed by atoms with Gasteiger partial charge < -0.3 is 4.74 Å². The van der Waals surface area contributed by atoms with E-state index in [1.807, 2.05) is 6.08 Å². The number of carbonyl (C=O) groups excluding carboxylic acids is 1. The van der Waals surface area contributed by atoms with Crippen molar-refractivity contribution in [2.75, 3.05) is 6.61 Å². The lowest BCUT2D eigenvalue weighted by Gasteiger charge is -2.57. The van der Waals surface area contributed by atoms with Gasteiger partial charge in [0, 0.05) is 11.8 Å². The molecule has 0 radical (unpaired) electrons. The summed E-state index contributed by atoms with van der Waals surface area (Å²) in [6, 6.07) is 0. The number of fused-ring (bicyclic) bond motifs is 9. The number of ether oxygens (including phenoxy) is 1. The van der Waals surface area contributed by atoms with Gasteiger partial charge in [0.1, 0.15) is 0 Å². The zero-order chi connectivity index (χ0) is 16.8. The topological polar surface area (TPSA) is 26.3 Å². The first kappa shape index (κ1) is 15.0. The Kier molecular flexibility index (Phi) is 2.85. The standard InChI is InChI=1S/C23H28O2/c1-2-22-10-8-17-16-7-5-15(24)12-14(16)4-6-18(17)21(22)19-13-20(19)23(22)9-3-11-25-23/h3-4,6,9,12,16-21H,2,5,7-8,10-11,13H2,1H3. The first-order valence-corrected chi connectivity index (χ1v) is 10.4. The summed E-state index contributed by atoms with van der Waals surface area (Å²) in [5.41, 5.74) is 1.73. The SMILES string of the molecule is CCC12CCC3C4CCC(=O)C=C4C=CC3C1C1CC1C21C=CCO1. The fourth-order valence-electron chi connectivity index (χ4n) is 8.15. The molecule has 0 N–H and O–H groups in total. The highest BCUT2D eigenvalue weighted by Gasteiger charge is 2.77. The zero-order valence-corrected chi connectivity index (χ0v) is 15.1. The highest BCUT2D eigenvalue weighted by Crippen LogP contribution is 2.78. The molecule has 3 fully saturated rings. The van der Waals surface area contributed by atoms with Gasteiger partial charge in [0.05, 0.1) is 12.2 Å². The van der Waals surface area contributed by atoms with Crippen molar-refractivity contribution in [3.05, 3.63) is 36.0 Å². The predicted octanol–water partition coefficient (Wildman–Crippen LogP) is 4.48. The Hall–Kier alpha value is -1.15. The van der Waals surface area contributed by atoms with E-state index in [2.05, 4.69) is 31.2 Å². The Bertz CT molecular complexity index is 730. The van der Waals surface area contributed by atoms with Gasteiger partial charge in [-0.15, -0.1) is 0 Å². The van der Waals surface area contributed by atoms with Crippen LogP contribution in [0.1, 0.15) is 45.4 Å². The zero-order valence-electron chi connectivity index (χ0n) is 15.1. The Labute approximate surface area is 150 Å². The van der Waals surface area contributed by atoms with E-state index in [4.69, 9.17) is 4.74 Å². The van der Waals surface area contributed by atoms with E-state index in [-0.39, 0.29) is 5.60 Å². The van der Waals surface area contributed by atoms with Gasteiger partial charge in [-0.1, -0.05) is 31.2 Å². The van der Waals surface area contributed by atoms with Crippen molar-refractivity contribution in [2.45, 2.75) is 51.0 Å². The van der Waals surface area contributed by atoms with Crippen LogP contribution in [0, 0.1) is 40.9 Å². The Morgan fingerprint density at radius 1 is 1.28 bits per heavy atom. The minimum Gasteiger partial charge on any atom is -0.366 e. The molecule has 2 nitrogen and oxygen atoms in total. The van der Waals surface area contributed by atoms with Crippen LogP contribution in [0.5, 0.6) is 0 Å². The molecule has 0 aromatic heterocycles. The van der Waals surface area contributed by atoms with Gasteiger partial charge >= 0.3 is 0 Å². The van der Waals surface area contributed by atoms with Crippen LogP contribution < -0.4 is 0 Å². The van der Waals surface area contributed by atoms with Gasteiger partial charge in [-0.25, -0.2) is 0 Å². The van der Waals surface area contributed by atoms with E-state index < -0.39 is 0 Å². The third kappa shape index (κ3) is 1.64. The smallest absolute Gasteiger partial charge is 0.155 e. The largest absolute Gasteiger partial charge is 0.366 e. The van der Waals surface area contributed by atoms with Crippen LogP contribution >= 0.6 is 0 Å². The normalized spacial score (nSPS) is 54.8. The van der Waals surface area contributed by atoms with Gasteiger partial charge in [0.25, 0.3) is 0 Å². The van der Waals surface area contributed by atoms with Crippen LogP contribution in [0.25, 0.3) is 0 Å². The minimum absolute atomic E-state index is 0.0501. The van der Waals surface area contributed by atoms with Crippen molar-refractivity contribution in [1.29, 1.82) is 0 Å². The van der Waals surface area contributed by atoms with Crippen LogP contribution in [-0.2, 0) is 9.53 Å². The molecule has 0 amide bonds.